The van der Waals surface area contributed by atoms with Crippen molar-refractivity contribution in [1.82, 2.24) is 9.97 Å². The van der Waals surface area contributed by atoms with Crippen LogP contribution in [0.15, 0.2) is 12.1 Å². The van der Waals surface area contributed by atoms with E-state index in [1.165, 1.54) is 0 Å². The molecule has 2 aromatic rings. The van der Waals surface area contributed by atoms with Gasteiger partial charge in [-0.1, -0.05) is 12.5 Å². The van der Waals surface area contributed by atoms with Gasteiger partial charge >= 0.3 is 5.97 Å². The molecule has 19 heavy (non-hydrogen) atoms. The molecule has 0 bridgehead atoms. The van der Waals surface area contributed by atoms with Gasteiger partial charge in [-0.3, -0.25) is 4.79 Å². The third-order valence-electron chi connectivity index (χ3n) is 3.19. The van der Waals surface area contributed by atoms with Crippen LogP contribution in [0.25, 0.3) is 11.0 Å². The van der Waals surface area contributed by atoms with Gasteiger partial charge in [-0.2, -0.15) is 0 Å². The van der Waals surface area contributed by atoms with Crippen LogP contribution in [0.1, 0.15) is 37.1 Å². The Morgan fingerprint density at radius 2 is 2.11 bits per heavy atom. The summed E-state index contributed by atoms with van der Waals surface area (Å²) < 4.78 is 0. The Morgan fingerprint density at radius 3 is 2.79 bits per heavy atom. The lowest BCUT2D eigenvalue weighted by atomic mass is 10.1. The number of phenolic OH excluding ortho intramolecular Hbond substituents is 1. The Bertz CT molecular complexity index is 551. The summed E-state index contributed by atoms with van der Waals surface area (Å²) in [5, 5.41) is 18.3. The van der Waals surface area contributed by atoms with Gasteiger partial charge in [-0.05, 0) is 31.4 Å². The van der Waals surface area contributed by atoms with E-state index in [0.29, 0.717) is 11.9 Å². The zero-order valence-corrected chi connectivity index (χ0v) is 10.9. The number of carboxylic acids is 1. The molecule has 0 radical (unpaired) electrons. The predicted octanol–water partition coefficient (Wildman–Crippen LogP) is 2.76. The molecule has 0 saturated carbocycles. The Morgan fingerprint density at radius 1 is 1.32 bits per heavy atom. The molecule has 0 aliphatic rings. The molecule has 0 atom stereocenters. The van der Waals surface area contributed by atoms with Gasteiger partial charge < -0.3 is 15.2 Å². The number of aromatic nitrogens is 2. The van der Waals surface area contributed by atoms with Crippen molar-refractivity contribution in [1.29, 1.82) is 0 Å². The van der Waals surface area contributed by atoms with E-state index in [2.05, 4.69) is 9.97 Å². The van der Waals surface area contributed by atoms with E-state index < -0.39 is 5.97 Å². The minimum Gasteiger partial charge on any atom is -0.506 e. The van der Waals surface area contributed by atoms with Gasteiger partial charge in [0, 0.05) is 12.8 Å². The number of H-pyrrole nitrogens is 1. The number of benzene rings is 1. The van der Waals surface area contributed by atoms with Crippen LogP contribution < -0.4 is 0 Å². The quantitative estimate of drug-likeness (QED) is 0.699. The van der Waals surface area contributed by atoms with Crippen LogP contribution in [0.3, 0.4) is 0 Å². The number of rotatable bonds is 6. The SMILES string of the molecule is Cc1ccc(O)c2nc(CCCCCC(=O)O)[nH]c12. The van der Waals surface area contributed by atoms with Crippen LogP contribution in [-0.2, 0) is 11.2 Å². The number of hydrogen-bond donors (Lipinski definition) is 3. The van der Waals surface area contributed by atoms with Crippen molar-refractivity contribution in [2.45, 2.75) is 39.0 Å². The van der Waals surface area contributed by atoms with Gasteiger partial charge in [0.05, 0.1) is 5.52 Å². The molecule has 2 rings (SSSR count). The highest BCUT2D eigenvalue weighted by Crippen LogP contribution is 2.25. The van der Waals surface area contributed by atoms with Crippen molar-refractivity contribution in [2.24, 2.45) is 0 Å². The molecular weight excluding hydrogens is 244 g/mol. The van der Waals surface area contributed by atoms with Gasteiger partial charge in [0.15, 0.2) is 0 Å². The number of carboxylic acid groups (broad SMARTS) is 1. The van der Waals surface area contributed by atoms with Gasteiger partial charge in [0.25, 0.3) is 0 Å². The highest BCUT2D eigenvalue weighted by molar-refractivity contribution is 5.84. The Hall–Kier alpha value is -2.04. The average Bonchev–Trinajstić information content (AvgIpc) is 2.78. The molecule has 0 saturated heterocycles. The maximum Gasteiger partial charge on any atom is 0.303 e. The largest absolute Gasteiger partial charge is 0.506 e. The van der Waals surface area contributed by atoms with Crippen LogP contribution in [0.5, 0.6) is 5.75 Å². The molecular formula is C14H18N2O3. The van der Waals surface area contributed by atoms with Gasteiger partial charge in [0.2, 0.25) is 0 Å². The van der Waals surface area contributed by atoms with Crippen molar-refractivity contribution >= 4 is 17.0 Å². The first kappa shape index (κ1) is 13.4. The van der Waals surface area contributed by atoms with Crippen LogP contribution in [0.4, 0.5) is 0 Å². The maximum absolute atomic E-state index is 10.4. The van der Waals surface area contributed by atoms with Crippen LogP contribution in [0.2, 0.25) is 0 Å². The lowest BCUT2D eigenvalue weighted by molar-refractivity contribution is -0.137. The summed E-state index contributed by atoms with van der Waals surface area (Å²) in [4.78, 5) is 18.0. The fraction of sp³-hybridized carbons (Fsp3) is 0.429. The van der Waals surface area contributed by atoms with E-state index in [-0.39, 0.29) is 12.2 Å². The smallest absolute Gasteiger partial charge is 0.303 e. The number of fused-ring (bicyclic) bond motifs is 1. The van der Waals surface area contributed by atoms with E-state index in [1.807, 2.05) is 13.0 Å². The molecule has 0 aliphatic heterocycles. The third kappa shape index (κ3) is 3.24. The molecule has 5 heteroatoms. The number of hydrogen-bond acceptors (Lipinski definition) is 3. The van der Waals surface area contributed by atoms with Crippen molar-refractivity contribution in [3.05, 3.63) is 23.5 Å². The number of carbonyl (C=O) groups is 1. The molecule has 1 aromatic heterocycles. The number of aliphatic carboxylic acids is 1. The van der Waals surface area contributed by atoms with Crippen LogP contribution >= 0.6 is 0 Å². The normalized spacial score (nSPS) is 11.0. The molecule has 102 valence electrons. The fourth-order valence-corrected chi connectivity index (χ4v) is 2.12. The number of aromatic amines is 1. The summed E-state index contributed by atoms with van der Waals surface area (Å²) in [6, 6.07) is 3.50. The van der Waals surface area contributed by atoms with E-state index in [9.17, 15) is 9.90 Å². The van der Waals surface area contributed by atoms with Gasteiger partial charge in [-0.15, -0.1) is 0 Å². The molecule has 0 amide bonds. The highest BCUT2D eigenvalue weighted by Gasteiger charge is 2.08. The van der Waals surface area contributed by atoms with Crippen LogP contribution in [0, 0.1) is 6.92 Å². The second-order valence-electron chi connectivity index (χ2n) is 4.76. The first-order valence-electron chi connectivity index (χ1n) is 6.47. The highest BCUT2D eigenvalue weighted by atomic mass is 16.4. The molecule has 0 unspecified atom stereocenters. The summed E-state index contributed by atoms with van der Waals surface area (Å²) >= 11 is 0. The zero-order chi connectivity index (χ0) is 13.8. The van der Waals surface area contributed by atoms with E-state index in [4.69, 9.17) is 5.11 Å². The monoisotopic (exact) mass is 262 g/mol. The number of imidazole rings is 1. The number of unbranched alkanes of at least 4 members (excludes halogenated alkanes) is 2. The maximum atomic E-state index is 10.4. The number of aromatic hydroxyl groups is 1. The molecule has 3 N–H and O–H groups in total. The Labute approximate surface area is 111 Å². The summed E-state index contributed by atoms with van der Waals surface area (Å²) in [5.41, 5.74) is 2.54. The molecule has 0 fully saturated rings. The van der Waals surface area contributed by atoms with Crippen molar-refractivity contribution in [3.63, 3.8) is 0 Å². The first-order chi connectivity index (χ1) is 9.08. The van der Waals surface area contributed by atoms with Gasteiger partial charge in [0.1, 0.15) is 17.1 Å². The summed E-state index contributed by atoms with van der Waals surface area (Å²) in [6.45, 7) is 1.97. The first-order valence-corrected chi connectivity index (χ1v) is 6.47. The molecule has 0 aliphatic carbocycles. The van der Waals surface area contributed by atoms with Crippen molar-refractivity contribution in [3.8, 4) is 5.75 Å². The minimum absolute atomic E-state index is 0.189. The standard InChI is InChI=1S/C14H18N2O3/c1-9-7-8-10(17)14-13(9)15-11(16-14)5-3-2-4-6-12(18)19/h7-8,17H,2-6H2,1H3,(H,15,16)(H,18,19). The molecule has 1 aromatic carbocycles. The topological polar surface area (TPSA) is 86.2 Å². The molecule has 1 heterocycles. The number of aryl methyl sites for hydroxylation is 2. The summed E-state index contributed by atoms with van der Waals surface area (Å²) in [6.07, 6.45) is 3.45. The minimum atomic E-state index is -0.746. The van der Waals surface area contributed by atoms with Crippen molar-refractivity contribution < 1.29 is 15.0 Å². The summed E-state index contributed by atoms with van der Waals surface area (Å²) in [7, 11) is 0. The second kappa shape index (κ2) is 5.73. The Balaban J connectivity index is 1.96. The van der Waals surface area contributed by atoms with E-state index in [1.54, 1.807) is 6.07 Å². The lowest BCUT2D eigenvalue weighted by Gasteiger charge is -1.97. The number of nitrogens with one attached hydrogen (secondary N) is 1. The predicted molar refractivity (Wildman–Crippen MR) is 72.3 cm³/mol. The van der Waals surface area contributed by atoms with E-state index >= 15 is 0 Å². The third-order valence-corrected chi connectivity index (χ3v) is 3.19. The lowest BCUT2D eigenvalue weighted by Crippen LogP contribution is -1.94. The fourth-order valence-electron chi connectivity index (χ4n) is 2.12. The van der Waals surface area contributed by atoms with Crippen LogP contribution in [-0.4, -0.2) is 26.2 Å². The zero-order valence-electron chi connectivity index (χ0n) is 10.9. The summed E-state index contributed by atoms with van der Waals surface area (Å²) in [5.74, 6) is 0.285. The number of phenols is 1. The molecule has 5 nitrogen and oxygen atoms in total. The van der Waals surface area contributed by atoms with E-state index in [0.717, 1.165) is 36.2 Å². The van der Waals surface area contributed by atoms with Crippen molar-refractivity contribution in [2.75, 3.05) is 0 Å². The molecule has 0 spiro atoms. The van der Waals surface area contributed by atoms with Gasteiger partial charge in [-0.25, -0.2) is 4.98 Å². The number of nitrogens with zero attached hydrogens (tertiary/aromatic N) is 1. The average molecular weight is 262 g/mol. The second-order valence-corrected chi connectivity index (χ2v) is 4.76. The Kier molecular flexibility index (Phi) is 4.04.